The van der Waals surface area contributed by atoms with Gasteiger partial charge in [-0.2, -0.15) is 0 Å². The average Bonchev–Trinajstić information content (AvgIpc) is 3.07. The van der Waals surface area contributed by atoms with Crippen molar-refractivity contribution in [1.29, 1.82) is 0 Å². The second-order valence-electron chi connectivity index (χ2n) is 8.52. The highest BCUT2D eigenvalue weighted by atomic mass is 15.1. The zero-order valence-electron chi connectivity index (χ0n) is 16.3. The SMILES string of the molecule is Nc1nccn2c(C3CCC3)nc(-c3ccc(C(N)C4CCCCC4)cc3)c12. The highest BCUT2D eigenvalue weighted by Gasteiger charge is 2.27. The molecule has 2 aliphatic carbocycles. The number of imidazole rings is 1. The first-order valence-corrected chi connectivity index (χ1v) is 10.7. The smallest absolute Gasteiger partial charge is 0.150 e. The average molecular weight is 376 g/mol. The summed E-state index contributed by atoms with van der Waals surface area (Å²) in [6, 6.07) is 8.78. The van der Waals surface area contributed by atoms with E-state index in [1.54, 1.807) is 6.20 Å². The molecule has 4 N–H and O–H groups in total. The van der Waals surface area contributed by atoms with Crippen LogP contribution in [0.3, 0.4) is 0 Å². The minimum absolute atomic E-state index is 0.130. The Kier molecular flexibility index (Phi) is 4.55. The number of anilines is 1. The molecule has 2 fully saturated rings. The molecule has 2 saturated carbocycles. The largest absolute Gasteiger partial charge is 0.382 e. The summed E-state index contributed by atoms with van der Waals surface area (Å²) in [7, 11) is 0. The standard InChI is InChI=1S/C23H29N5/c24-19(15-5-2-1-3-6-15)16-9-11-17(12-10-16)20-21-22(25)26-13-14-28(21)23(27-20)18-7-4-8-18/h9-15,18-19H,1-8,24H2,(H2,25,26). The van der Waals surface area contributed by atoms with E-state index < -0.39 is 0 Å². The van der Waals surface area contributed by atoms with Crippen LogP contribution in [0, 0.1) is 5.92 Å². The van der Waals surface area contributed by atoms with E-state index in [0.29, 0.717) is 17.7 Å². The fraction of sp³-hybridized carbons (Fsp3) is 0.478. The summed E-state index contributed by atoms with van der Waals surface area (Å²) in [5, 5.41) is 0. The fourth-order valence-corrected chi connectivity index (χ4v) is 4.87. The first-order valence-electron chi connectivity index (χ1n) is 10.7. The van der Waals surface area contributed by atoms with Gasteiger partial charge >= 0.3 is 0 Å². The summed E-state index contributed by atoms with van der Waals surface area (Å²) < 4.78 is 2.14. The van der Waals surface area contributed by atoms with Crippen molar-refractivity contribution in [1.82, 2.24) is 14.4 Å². The van der Waals surface area contributed by atoms with E-state index >= 15 is 0 Å². The van der Waals surface area contributed by atoms with E-state index in [4.69, 9.17) is 16.5 Å². The highest BCUT2D eigenvalue weighted by Crippen LogP contribution is 2.39. The van der Waals surface area contributed by atoms with Gasteiger partial charge < -0.3 is 11.5 Å². The molecule has 0 bridgehead atoms. The van der Waals surface area contributed by atoms with Crippen LogP contribution < -0.4 is 11.5 Å². The number of nitrogens with zero attached hydrogens (tertiary/aromatic N) is 3. The molecule has 28 heavy (non-hydrogen) atoms. The van der Waals surface area contributed by atoms with Gasteiger partial charge in [0.1, 0.15) is 22.9 Å². The van der Waals surface area contributed by atoms with Crippen molar-refractivity contribution in [3.05, 3.63) is 48.0 Å². The molecule has 0 amide bonds. The van der Waals surface area contributed by atoms with E-state index in [2.05, 4.69) is 33.7 Å². The van der Waals surface area contributed by atoms with Gasteiger partial charge in [-0.3, -0.25) is 4.40 Å². The molecular weight excluding hydrogens is 346 g/mol. The van der Waals surface area contributed by atoms with Gasteiger partial charge in [0.25, 0.3) is 0 Å². The molecule has 1 atom stereocenters. The number of fused-ring (bicyclic) bond motifs is 1. The topological polar surface area (TPSA) is 82.2 Å². The lowest BCUT2D eigenvalue weighted by atomic mass is 9.81. The second kappa shape index (κ2) is 7.21. The van der Waals surface area contributed by atoms with Gasteiger partial charge in [-0.1, -0.05) is 49.9 Å². The summed E-state index contributed by atoms with van der Waals surface area (Å²) >= 11 is 0. The number of hydrogen-bond acceptors (Lipinski definition) is 4. The van der Waals surface area contributed by atoms with Gasteiger partial charge in [-0.15, -0.1) is 0 Å². The zero-order chi connectivity index (χ0) is 19.1. The summed E-state index contributed by atoms with van der Waals surface area (Å²) in [5.74, 6) is 2.80. The normalized spacial score (nSPS) is 19.6. The maximum absolute atomic E-state index is 6.59. The lowest BCUT2D eigenvalue weighted by molar-refractivity contribution is 0.308. The van der Waals surface area contributed by atoms with Crippen molar-refractivity contribution in [2.24, 2.45) is 11.7 Å². The molecule has 5 nitrogen and oxygen atoms in total. The predicted octanol–water partition coefficient (Wildman–Crippen LogP) is 4.83. The Morgan fingerprint density at radius 3 is 2.39 bits per heavy atom. The molecular formula is C23H29N5. The van der Waals surface area contributed by atoms with Gasteiger partial charge in [-0.05, 0) is 37.2 Å². The van der Waals surface area contributed by atoms with E-state index in [1.165, 1.54) is 56.9 Å². The molecule has 146 valence electrons. The Balaban J connectivity index is 1.50. The molecule has 2 aliphatic rings. The number of nitrogen functional groups attached to an aromatic ring is 1. The second-order valence-corrected chi connectivity index (χ2v) is 8.52. The summed E-state index contributed by atoms with van der Waals surface area (Å²) in [6.45, 7) is 0. The van der Waals surface area contributed by atoms with Crippen molar-refractivity contribution in [3.63, 3.8) is 0 Å². The van der Waals surface area contributed by atoms with Crippen LogP contribution in [0.5, 0.6) is 0 Å². The number of aromatic nitrogens is 3. The lowest BCUT2D eigenvalue weighted by Crippen LogP contribution is -2.23. The molecule has 5 heteroatoms. The molecule has 5 rings (SSSR count). The Morgan fingerprint density at radius 1 is 0.964 bits per heavy atom. The van der Waals surface area contributed by atoms with Gasteiger partial charge in [0, 0.05) is 29.9 Å². The third kappa shape index (κ3) is 2.98. The van der Waals surface area contributed by atoms with E-state index in [-0.39, 0.29) is 6.04 Å². The zero-order valence-corrected chi connectivity index (χ0v) is 16.3. The molecule has 0 radical (unpaired) electrons. The predicted molar refractivity (Wildman–Crippen MR) is 113 cm³/mol. The molecule has 0 aliphatic heterocycles. The number of nitrogens with two attached hydrogens (primary N) is 2. The van der Waals surface area contributed by atoms with Crippen LogP contribution in [-0.4, -0.2) is 14.4 Å². The van der Waals surface area contributed by atoms with Gasteiger partial charge in [-0.25, -0.2) is 9.97 Å². The molecule has 3 aromatic rings. The van der Waals surface area contributed by atoms with Crippen LogP contribution in [0.1, 0.15) is 74.7 Å². The van der Waals surface area contributed by atoms with Crippen molar-refractivity contribution in [3.8, 4) is 11.3 Å². The Hall–Kier alpha value is -2.40. The maximum Gasteiger partial charge on any atom is 0.150 e. The van der Waals surface area contributed by atoms with Crippen LogP contribution in [0.4, 0.5) is 5.82 Å². The van der Waals surface area contributed by atoms with Crippen molar-refractivity contribution >= 4 is 11.3 Å². The third-order valence-electron chi connectivity index (χ3n) is 6.81. The Morgan fingerprint density at radius 2 is 1.71 bits per heavy atom. The van der Waals surface area contributed by atoms with Crippen LogP contribution >= 0.6 is 0 Å². The molecule has 2 aromatic heterocycles. The van der Waals surface area contributed by atoms with Crippen LogP contribution in [0.2, 0.25) is 0 Å². The molecule has 2 heterocycles. The lowest BCUT2D eigenvalue weighted by Gasteiger charge is -2.27. The van der Waals surface area contributed by atoms with E-state index in [9.17, 15) is 0 Å². The van der Waals surface area contributed by atoms with Crippen LogP contribution in [0.25, 0.3) is 16.8 Å². The molecule has 0 saturated heterocycles. The fourth-order valence-electron chi connectivity index (χ4n) is 4.87. The quantitative estimate of drug-likeness (QED) is 0.684. The maximum atomic E-state index is 6.59. The number of rotatable bonds is 4. The molecule has 1 unspecified atom stereocenters. The highest BCUT2D eigenvalue weighted by molar-refractivity contribution is 5.85. The van der Waals surface area contributed by atoms with Gasteiger partial charge in [0.2, 0.25) is 0 Å². The summed E-state index contributed by atoms with van der Waals surface area (Å²) in [5.41, 5.74) is 17.0. The summed E-state index contributed by atoms with van der Waals surface area (Å²) in [6.07, 6.45) is 13.9. The van der Waals surface area contributed by atoms with Gasteiger partial charge in [0.15, 0.2) is 0 Å². The monoisotopic (exact) mass is 375 g/mol. The van der Waals surface area contributed by atoms with Crippen LogP contribution in [-0.2, 0) is 0 Å². The van der Waals surface area contributed by atoms with E-state index in [0.717, 1.165) is 22.6 Å². The number of benzene rings is 1. The first kappa shape index (κ1) is 17.7. The van der Waals surface area contributed by atoms with Crippen molar-refractivity contribution in [2.45, 2.75) is 63.3 Å². The minimum atomic E-state index is 0.130. The molecule has 0 spiro atoms. The third-order valence-corrected chi connectivity index (χ3v) is 6.81. The minimum Gasteiger partial charge on any atom is -0.382 e. The first-order chi connectivity index (χ1) is 13.7. The van der Waals surface area contributed by atoms with Crippen LogP contribution in [0.15, 0.2) is 36.7 Å². The van der Waals surface area contributed by atoms with Crippen molar-refractivity contribution in [2.75, 3.05) is 5.73 Å². The van der Waals surface area contributed by atoms with E-state index in [1.807, 2.05) is 6.20 Å². The van der Waals surface area contributed by atoms with Crippen molar-refractivity contribution < 1.29 is 0 Å². The molecule has 1 aromatic carbocycles. The Bertz CT molecular complexity index is 965. The number of hydrogen-bond donors (Lipinski definition) is 2. The van der Waals surface area contributed by atoms with Gasteiger partial charge in [0.05, 0.1) is 0 Å². The Labute approximate surface area is 166 Å². The summed E-state index contributed by atoms with van der Waals surface area (Å²) in [4.78, 5) is 9.33.